The van der Waals surface area contributed by atoms with E-state index in [1.807, 2.05) is 0 Å². The molecule has 0 aromatic heterocycles. The van der Waals surface area contributed by atoms with Gasteiger partial charge in [-0.1, -0.05) is 18.2 Å². The van der Waals surface area contributed by atoms with Crippen LogP contribution in [0.5, 0.6) is 5.75 Å². The van der Waals surface area contributed by atoms with E-state index in [2.05, 4.69) is 11.4 Å². The molecule has 0 atom stereocenters. The summed E-state index contributed by atoms with van der Waals surface area (Å²) in [7, 11) is 0. The fourth-order valence-electron chi connectivity index (χ4n) is 1.28. The normalized spacial score (nSPS) is 9.75. The van der Waals surface area contributed by atoms with Crippen molar-refractivity contribution in [1.29, 1.82) is 0 Å². The van der Waals surface area contributed by atoms with Crippen molar-refractivity contribution in [3.05, 3.63) is 60.2 Å². The van der Waals surface area contributed by atoms with Crippen LogP contribution in [0.3, 0.4) is 0 Å². The molecule has 0 saturated heterocycles. The lowest BCUT2D eigenvalue weighted by molar-refractivity contribution is 0.102. The standard InChI is InChI=1S/C13H10NO2/c15-12-8-6-11(7-9-12)14-13(16)10-4-2-1-3-5-10/h1-4,6-9,15H,(H,14,16). The largest absolute Gasteiger partial charge is 0.508 e. The van der Waals surface area contributed by atoms with Gasteiger partial charge in [0.15, 0.2) is 0 Å². The van der Waals surface area contributed by atoms with Crippen molar-refractivity contribution in [2.45, 2.75) is 0 Å². The lowest BCUT2D eigenvalue weighted by Gasteiger charge is -2.04. The average Bonchev–Trinajstić information content (AvgIpc) is 2.33. The first-order valence-electron chi connectivity index (χ1n) is 4.83. The van der Waals surface area contributed by atoms with E-state index in [1.165, 1.54) is 12.1 Å². The molecule has 0 unspecified atom stereocenters. The third-order valence-corrected chi connectivity index (χ3v) is 2.08. The first kappa shape index (κ1) is 10.2. The number of amides is 1. The zero-order chi connectivity index (χ0) is 11.4. The van der Waals surface area contributed by atoms with Crippen LogP contribution in [-0.2, 0) is 0 Å². The quantitative estimate of drug-likeness (QED) is 0.751. The second-order valence-corrected chi connectivity index (χ2v) is 3.28. The van der Waals surface area contributed by atoms with E-state index in [1.54, 1.807) is 36.4 Å². The Morgan fingerprint density at radius 1 is 1.12 bits per heavy atom. The number of phenolic OH excluding ortho intramolecular Hbond substituents is 1. The smallest absolute Gasteiger partial charge is 0.256 e. The third-order valence-electron chi connectivity index (χ3n) is 2.08. The Balaban J connectivity index is 2.11. The van der Waals surface area contributed by atoms with Gasteiger partial charge in [0.1, 0.15) is 5.75 Å². The van der Waals surface area contributed by atoms with Gasteiger partial charge in [0, 0.05) is 11.3 Å². The lowest BCUT2D eigenvalue weighted by atomic mass is 10.2. The molecule has 3 heteroatoms. The molecule has 0 fully saturated rings. The molecule has 0 aliphatic heterocycles. The first-order valence-corrected chi connectivity index (χ1v) is 4.83. The zero-order valence-corrected chi connectivity index (χ0v) is 8.47. The minimum Gasteiger partial charge on any atom is -0.508 e. The van der Waals surface area contributed by atoms with Gasteiger partial charge in [-0.25, -0.2) is 0 Å². The maximum atomic E-state index is 11.7. The second kappa shape index (κ2) is 4.49. The molecule has 0 bridgehead atoms. The molecule has 1 radical (unpaired) electrons. The van der Waals surface area contributed by atoms with Crippen LogP contribution in [0.25, 0.3) is 0 Å². The van der Waals surface area contributed by atoms with Gasteiger partial charge in [0.05, 0.1) is 0 Å². The molecule has 2 rings (SSSR count). The molecule has 0 saturated carbocycles. The summed E-state index contributed by atoms with van der Waals surface area (Å²) in [5.41, 5.74) is 1.12. The van der Waals surface area contributed by atoms with Gasteiger partial charge in [-0.05, 0) is 36.4 Å². The van der Waals surface area contributed by atoms with Crippen LogP contribution in [0.4, 0.5) is 5.69 Å². The predicted octanol–water partition coefficient (Wildman–Crippen LogP) is 2.44. The van der Waals surface area contributed by atoms with Crippen LogP contribution in [-0.4, -0.2) is 11.0 Å². The lowest BCUT2D eigenvalue weighted by Crippen LogP contribution is -2.11. The van der Waals surface area contributed by atoms with Gasteiger partial charge in [0.25, 0.3) is 5.91 Å². The summed E-state index contributed by atoms with van der Waals surface area (Å²) in [5.74, 6) is -0.0458. The molecule has 2 N–H and O–H groups in total. The number of carbonyl (C=O) groups excluding carboxylic acids is 1. The van der Waals surface area contributed by atoms with Crippen LogP contribution >= 0.6 is 0 Å². The Labute approximate surface area is 93.4 Å². The van der Waals surface area contributed by atoms with Crippen LogP contribution < -0.4 is 5.32 Å². The van der Waals surface area contributed by atoms with Gasteiger partial charge < -0.3 is 10.4 Å². The molecule has 2 aromatic carbocycles. The van der Waals surface area contributed by atoms with Gasteiger partial charge in [-0.15, -0.1) is 0 Å². The minimum absolute atomic E-state index is 0.171. The maximum absolute atomic E-state index is 11.7. The highest BCUT2D eigenvalue weighted by Gasteiger charge is 2.04. The van der Waals surface area contributed by atoms with E-state index in [0.717, 1.165) is 0 Å². The SMILES string of the molecule is O=C(Nc1ccc(O)cc1)c1[c]cccc1. The molecule has 16 heavy (non-hydrogen) atoms. The molecule has 0 aliphatic carbocycles. The third kappa shape index (κ3) is 2.39. The van der Waals surface area contributed by atoms with Crippen LogP contribution in [0, 0.1) is 6.07 Å². The predicted molar refractivity (Wildman–Crippen MR) is 61.3 cm³/mol. The van der Waals surface area contributed by atoms with E-state index < -0.39 is 0 Å². The zero-order valence-electron chi connectivity index (χ0n) is 8.47. The monoisotopic (exact) mass is 212 g/mol. The number of phenols is 1. The number of hydrogen-bond acceptors (Lipinski definition) is 2. The van der Waals surface area contributed by atoms with E-state index in [9.17, 15) is 4.79 Å². The maximum Gasteiger partial charge on any atom is 0.256 e. The topological polar surface area (TPSA) is 49.3 Å². The van der Waals surface area contributed by atoms with Crippen molar-refractivity contribution < 1.29 is 9.90 Å². The summed E-state index contributed by atoms with van der Waals surface area (Å²) in [6.45, 7) is 0. The molecular weight excluding hydrogens is 202 g/mol. The number of aromatic hydroxyl groups is 1. The molecule has 79 valence electrons. The van der Waals surface area contributed by atoms with Gasteiger partial charge in [-0.2, -0.15) is 0 Å². The van der Waals surface area contributed by atoms with Crippen molar-refractivity contribution >= 4 is 11.6 Å². The van der Waals surface area contributed by atoms with Crippen molar-refractivity contribution in [3.8, 4) is 5.75 Å². The van der Waals surface area contributed by atoms with Gasteiger partial charge >= 0.3 is 0 Å². The summed E-state index contributed by atoms with van der Waals surface area (Å²) >= 11 is 0. The first-order chi connectivity index (χ1) is 7.75. The van der Waals surface area contributed by atoms with E-state index >= 15 is 0 Å². The molecule has 1 amide bonds. The Morgan fingerprint density at radius 3 is 2.50 bits per heavy atom. The summed E-state index contributed by atoms with van der Waals surface area (Å²) in [5, 5.41) is 11.8. The fourth-order valence-corrected chi connectivity index (χ4v) is 1.28. The van der Waals surface area contributed by atoms with E-state index in [-0.39, 0.29) is 11.7 Å². The number of anilines is 1. The average molecular weight is 212 g/mol. The van der Waals surface area contributed by atoms with Crippen molar-refractivity contribution in [2.75, 3.05) is 5.32 Å². The molecule has 0 aliphatic rings. The van der Waals surface area contributed by atoms with Crippen LogP contribution in [0.1, 0.15) is 10.4 Å². The summed E-state index contributed by atoms with van der Waals surface area (Å²) < 4.78 is 0. The Hall–Kier alpha value is -2.29. The number of hydrogen-bond donors (Lipinski definition) is 2. The van der Waals surface area contributed by atoms with Crippen LogP contribution in [0.15, 0.2) is 48.5 Å². The Morgan fingerprint density at radius 2 is 1.88 bits per heavy atom. The molecular formula is C13H10NO2. The fraction of sp³-hybridized carbons (Fsp3) is 0. The molecule has 3 nitrogen and oxygen atoms in total. The number of nitrogens with one attached hydrogen (secondary N) is 1. The number of carbonyl (C=O) groups is 1. The summed E-state index contributed by atoms with van der Waals surface area (Å²) in [6, 6.07) is 16.1. The second-order valence-electron chi connectivity index (χ2n) is 3.28. The highest BCUT2D eigenvalue weighted by Crippen LogP contribution is 2.14. The highest BCUT2D eigenvalue weighted by molar-refractivity contribution is 6.04. The molecule has 0 spiro atoms. The number of rotatable bonds is 2. The van der Waals surface area contributed by atoms with E-state index in [4.69, 9.17) is 5.11 Å². The van der Waals surface area contributed by atoms with Gasteiger partial charge in [-0.3, -0.25) is 4.79 Å². The van der Waals surface area contributed by atoms with Crippen molar-refractivity contribution in [2.24, 2.45) is 0 Å². The van der Waals surface area contributed by atoms with E-state index in [0.29, 0.717) is 11.3 Å². The van der Waals surface area contributed by atoms with Crippen molar-refractivity contribution in [1.82, 2.24) is 0 Å². The Kier molecular flexibility index (Phi) is 2.87. The summed E-state index contributed by atoms with van der Waals surface area (Å²) in [4.78, 5) is 11.7. The Bertz CT molecular complexity index is 477. The summed E-state index contributed by atoms with van der Waals surface area (Å²) in [6.07, 6.45) is 0. The molecule has 0 heterocycles. The molecule has 2 aromatic rings. The van der Waals surface area contributed by atoms with Crippen molar-refractivity contribution in [3.63, 3.8) is 0 Å². The number of benzene rings is 2. The highest BCUT2D eigenvalue weighted by atomic mass is 16.3. The minimum atomic E-state index is -0.216. The van der Waals surface area contributed by atoms with Crippen LogP contribution in [0.2, 0.25) is 0 Å². The van der Waals surface area contributed by atoms with Gasteiger partial charge in [0.2, 0.25) is 0 Å².